The predicted molar refractivity (Wildman–Crippen MR) is 74.9 cm³/mol. The highest BCUT2D eigenvalue weighted by Gasteiger charge is 2.26. The molecule has 0 aliphatic carbocycles. The predicted octanol–water partition coefficient (Wildman–Crippen LogP) is 2.20. The van der Waals surface area contributed by atoms with E-state index in [0.29, 0.717) is 25.4 Å². The lowest BCUT2D eigenvalue weighted by atomic mass is 9.94. The highest BCUT2D eigenvalue weighted by molar-refractivity contribution is 5.88. The van der Waals surface area contributed by atoms with Crippen LogP contribution in [0.2, 0.25) is 0 Å². The lowest BCUT2D eigenvalue weighted by Gasteiger charge is -2.32. The summed E-state index contributed by atoms with van der Waals surface area (Å²) in [6.45, 7) is 6.94. The number of nitrogens with zero attached hydrogens (tertiary/aromatic N) is 1. The van der Waals surface area contributed by atoms with Gasteiger partial charge in [-0.25, -0.2) is 9.59 Å². The largest absolute Gasteiger partial charge is 0.459 e. The first-order valence-corrected chi connectivity index (χ1v) is 6.86. The maximum atomic E-state index is 11.9. The summed E-state index contributed by atoms with van der Waals surface area (Å²) in [4.78, 5) is 24.5. The van der Waals surface area contributed by atoms with Crippen LogP contribution >= 0.6 is 0 Å². The van der Waals surface area contributed by atoms with Gasteiger partial charge < -0.3 is 14.4 Å². The molecule has 1 fully saturated rings. The molecule has 112 valence electrons. The van der Waals surface area contributed by atoms with Gasteiger partial charge in [-0.3, -0.25) is 0 Å². The van der Waals surface area contributed by atoms with Crippen LogP contribution in [-0.2, 0) is 14.3 Å². The molecule has 0 bridgehead atoms. The van der Waals surface area contributed by atoms with Gasteiger partial charge in [-0.15, -0.1) is 0 Å². The van der Waals surface area contributed by atoms with Crippen molar-refractivity contribution in [2.45, 2.75) is 45.6 Å². The van der Waals surface area contributed by atoms with E-state index in [2.05, 4.69) is 16.6 Å². The summed E-state index contributed by atoms with van der Waals surface area (Å²) in [7, 11) is 1.32. The van der Waals surface area contributed by atoms with Crippen molar-refractivity contribution in [1.82, 2.24) is 4.90 Å². The molecule has 1 heterocycles. The molecule has 0 unspecified atom stereocenters. The fourth-order valence-corrected chi connectivity index (χ4v) is 1.96. The monoisotopic (exact) mass is 281 g/mol. The van der Waals surface area contributed by atoms with E-state index >= 15 is 0 Å². The molecule has 0 radical (unpaired) electrons. The van der Waals surface area contributed by atoms with Crippen molar-refractivity contribution < 1.29 is 19.1 Å². The van der Waals surface area contributed by atoms with Crippen LogP contribution in [0.3, 0.4) is 0 Å². The molecule has 0 spiro atoms. The lowest BCUT2D eigenvalue weighted by Crippen LogP contribution is -2.41. The Kier molecular flexibility index (Phi) is 5.87. The summed E-state index contributed by atoms with van der Waals surface area (Å²) in [5, 5.41) is 0. The summed E-state index contributed by atoms with van der Waals surface area (Å²) in [6, 6.07) is 0. The third kappa shape index (κ3) is 5.96. The van der Waals surface area contributed by atoms with Crippen molar-refractivity contribution in [2.75, 3.05) is 20.2 Å². The lowest BCUT2D eigenvalue weighted by molar-refractivity contribution is -0.133. The smallest absolute Gasteiger partial charge is 0.410 e. The number of hydrogen-bond donors (Lipinski definition) is 0. The van der Waals surface area contributed by atoms with E-state index in [1.54, 1.807) is 4.90 Å². The van der Waals surface area contributed by atoms with Gasteiger partial charge >= 0.3 is 12.1 Å². The third-order valence-electron chi connectivity index (χ3n) is 3.03. The molecule has 1 saturated heterocycles. The molecule has 0 aromatic carbocycles. The van der Waals surface area contributed by atoms with Crippen LogP contribution in [0.5, 0.6) is 0 Å². The normalized spacial score (nSPS) is 16.1. The third-order valence-corrected chi connectivity index (χ3v) is 3.03. The Morgan fingerprint density at radius 2 is 1.85 bits per heavy atom. The topological polar surface area (TPSA) is 55.8 Å². The van der Waals surface area contributed by atoms with Gasteiger partial charge in [0.05, 0.1) is 7.11 Å². The Morgan fingerprint density at radius 3 is 2.35 bits per heavy atom. The van der Waals surface area contributed by atoms with Gasteiger partial charge in [0.1, 0.15) is 5.60 Å². The van der Waals surface area contributed by atoms with Crippen LogP contribution < -0.4 is 0 Å². The number of piperidine rings is 1. The molecule has 5 nitrogen and oxygen atoms in total. The molecular formula is C15H23NO4. The van der Waals surface area contributed by atoms with Gasteiger partial charge in [0.2, 0.25) is 0 Å². The molecule has 0 N–H and O–H groups in total. The molecule has 1 amide bonds. The summed E-state index contributed by atoms with van der Waals surface area (Å²) >= 11 is 0. The average molecular weight is 281 g/mol. The second-order valence-corrected chi connectivity index (χ2v) is 5.91. The summed E-state index contributed by atoms with van der Waals surface area (Å²) in [5.41, 5.74) is -0.458. The first-order valence-electron chi connectivity index (χ1n) is 6.86. The molecule has 20 heavy (non-hydrogen) atoms. The second-order valence-electron chi connectivity index (χ2n) is 5.91. The summed E-state index contributed by atoms with van der Waals surface area (Å²) < 4.78 is 9.79. The molecule has 0 aromatic rings. The van der Waals surface area contributed by atoms with Gasteiger partial charge in [-0.05, 0) is 39.5 Å². The highest BCUT2D eigenvalue weighted by Crippen LogP contribution is 2.21. The number of methoxy groups -OCH3 is 1. The number of esters is 1. The molecule has 1 aliphatic rings. The van der Waals surface area contributed by atoms with Gasteiger partial charge in [0.15, 0.2) is 0 Å². The molecule has 1 aliphatic heterocycles. The quantitative estimate of drug-likeness (QED) is 0.420. The van der Waals surface area contributed by atoms with Crippen molar-refractivity contribution in [3.8, 4) is 11.8 Å². The van der Waals surface area contributed by atoms with E-state index in [-0.39, 0.29) is 6.09 Å². The number of ether oxygens (including phenoxy) is 2. The van der Waals surface area contributed by atoms with Crippen molar-refractivity contribution in [1.29, 1.82) is 0 Å². The Bertz CT molecular complexity index is 406. The molecule has 0 saturated carbocycles. The molecular weight excluding hydrogens is 258 g/mol. The number of carbonyl (C=O) groups excluding carboxylic acids is 2. The molecule has 0 aromatic heterocycles. The standard InChI is InChI=1S/C15H23NO4/c1-15(2,3)20-14(18)16-10-8-12(9-11-16)6-5-7-13(17)19-4/h12H,6,8-11H2,1-4H3. The second kappa shape index (κ2) is 7.18. The van der Waals surface area contributed by atoms with E-state index in [0.717, 1.165) is 12.8 Å². The molecule has 5 heteroatoms. The minimum atomic E-state index is -0.504. The van der Waals surface area contributed by atoms with E-state index in [1.807, 2.05) is 20.8 Å². The molecule has 0 atom stereocenters. The van der Waals surface area contributed by atoms with Crippen LogP contribution in [0.4, 0.5) is 4.79 Å². The van der Waals surface area contributed by atoms with Crippen LogP contribution in [0.25, 0.3) is 0 Å². The maximum Gasteiger partial charge on any atom is 0.410 e. The Labute approximate surface area is 120 Å². The van der Waals surface area contributed by atoms with E-state index < -0.39 is 11.6 Å². The first-order chi connectivity index (χ1) is 9.31. The van der Waals surface area contributed by atoms with Crippen LogP contribution in [-0.4, -0.2) is 42.8 Å². The number of amides is 1. The maximum absolute atomic E-state index is 11.9. The number of rotatable bonds is 1. The van der Waals surface area contributed by atoms with Crippen molar-refractivity contribution >= 4 is 12.1 Å². The Hall–Kier alpha value is -1.70. The minimum Gasteiger partial charge on any atom is -0.459 e. The average Bonchev–Trinajstić information content (AvgIpc) is 2.37. The van der Waals surface area contributed by atoms with E-state index in [4.69, 9.17) is 4.74 Å². The van der Waals surface area contributed by atoms with Crippen molar-refractivity contribution in [3.05, 3.63) is 0 Å². The number of hydrogen-bond acceptors (Lipinski definition) is 4. The number of carbonyl (C=O) groups is 2. The van der Waals surface area contributed by atoms with Gasteiger partial charge in [-0.2, -0.15) is 0 Å². The highest BCUT2D eigenvalue weighted by atomic mass is 16.6. The minimum absolute atomic E-state index is 0.253. The van der Waals surface area contributed by atoms with E-state index in [9.17, 15) is 9.59 Å². The first kappa shape index (κ1) is 16.4. The fourth-order valence-electron chi connectivity index (χ4n) is 1.96. The summed E-state index contributed by atoms with van der Waals surface area (Å²) in [5.74, 6) is 5.18. The van der Waals surface area contributed by atoms with Gasteiger partial charge in [0, 0.05) is 25.4 Å². The van der Waals surface area contributed by atoms with Crippen LogP contribution in [0.1, 0.15) is 40.0 Å². The van der Waals surface area contributed by atoms with Crippen molar-refractivity contribution in [2.24, 2.45) is 5.92 Å². The zero-order valence-electron chi connectivity index (χ0n) is 12.7. The zero-order valence-corrected chi connectivity index (χ0v) is 12.7. The SMILES string of the molecule is COC(=O)C#CCC1CCN(C(=O)OC(C)(C)C)CC1. The van der Waals surface area contributed by atoms with Gasteiger partial charge in [0.25, 0.3) is 0 Å². The fraction of sp³-hybridized carbons (Fsp3) is 0.733. The van der Waals surface area contributed by atoms with E-state index in [1.165, 1.54) is 7.11 Å². The Morgan fingerprint density at radius 1 is 1.25 bits per heavy atom. The Balaban J connectivity index is 2.34. The van der Waals surface area contributed by atoms with Crippen molar-refractivity contribution in [3.63, 3.8) is 0 Å². The zero-order chi connectivity index (χ0) is 15.2. The number of likely N-dealkylation sites (tertiary alicyclic amines) is 1. The van der Waals surface area contributed by atoms with Crippen LogP contribution in [0, 0.1) is 17.8 Å². The summed E-state index contributed by atoms with van der Waals surface area (Å²) in [6.07, 6.45) is 2.18. The van der Waals surface area contributed by atoms with Gasteiger partial charge in [-0.1, -0.05) is 5.92 Å². The van der Waals surface area contributed by atoms with Crippen LogP contribution in [0.15, 0.2) is 0 Å². The molecule has 1 rings (SSSR count).